The largest absolute Gasteiger partial charge is 0.349 e. The Bertz CT molecular complexity index is 1320. The molecule has 0 bridgehead atoms. The first kappa shape index (κ1) is 23.5. The van der Waals surface area contributed by atoms with Crippen LogP contribution in [-0.2, 0) is 27.9 Å². The molecular weight excluding hydrogens is 462 g/mol. The molecule has 0 unspecified atom stereocenters. The highest BCUT2D eigenvalue weighted by atomic mass is 32.2. The molecule has 1 aliphatic heterocycles. The van der Waals surface area contributed by atoms with E-state index in [1.165, 1.54) is 22.0 Å². The Labute approximate surface area is 196 Å². The molecule has 176 valence electrons. The van der Waals surface area contributed by atoms with Crippen molar-refractivity contribution in [1.82, 2.24) is 24.2 Å². The third-order valence-electron chi connectivity index (χ3n) is 5.74. The van der Waals surface area contributed by atoms with Crippen molar-refractivity contribution in [3.05, 3.63) is 51.6 Å². The molecular formula is C22H27N5O4S2. The predicted octanol–water partition coefficient (Wildman–Crippen LogP) is 2.14. The van der Waals surface area contributed by atoms with Crippen LogP contribution in [0.2, 0.25) is 0 Å². The van der Waals surface area contributed by atoms with E-state index in [1.54, 1.807) is 25.3 Å². The zero-order chi connectivity index (χ0) is 23.8. The van der Waals surface area contributed by atoms with Crippen LogP contribution in [0, 0.1) is 18.8 Å². The molecule has 0 spiro atoms. The number of hydrogen-bond donors (Lipinski definition) is 1. The fourth-order valence-corrected chi connectivity index (χ4v) is 7.72. The molecule has 1 saturated heterocycles. The summed E-state index contributed by atoms with van der Waals surface area (Å²) in [5, 5.41) is 2.78. The molecule has 11 heteroatoms. The number of aromatic nitrogens is 3. The van der Waals surface area contributed by atoms with Crippen LogP contribution in [0.1, 0.15) is 30.8 Å². The van der Waals surface area contributed by atoms with Gasteiger partial charge in [-0.25, -0.2) is 13.4 Å². The number of rotatable bonds is 6. The Morgan fingerprint density at radius 1 is 1.21 bits per heavy atom. The van der Waals surface area contributed by atoms with Crippen molar-refractivity contribution in [3.8, 4) is 0 Å². The van der Waals surface area contributed by atoms with Crippen molar-refractivity contribution >= 4 is 37.5 Å². The predicted molar refractivity (Wildman–Crippen MR) is 126 cm³/mol. The van der Waals surface area contributed by atoms with Crippen molar-refractivity contribution in [2.75, 3.05) is 13.1 Å². The van der Waals surface area contributed by atoms with Gasteiger partial charge < -0.3 is 5.32 Å². The summed E-state index contributed by atoms with van der Waals surface area (Å²) in [7, 11) is -3.87. The van der Waals surface area contributed by atoms with E-state index in [9.17, 15) is 18.0 Å². The molecule has 1 amide bonds. The van der Waals surface area contributed by atoms with E-state index in [-0.39, 0.29) is 41.1 Å². The summed E-state index contributed by atoms with van der Waals surface area (Å²) in [6, 6.07) is 5.39. The van der Waals surface area contributed by atoms with Crippen molar-refractivity contribution in [2.24, 2.45) is 11.8 Å². The Morgan fingerprint density at radius 3 is 2.61 bits per heavy atom. The SMILES string of the molecule is Cc1sc2ncn(CC(=O)NCc3ccccn3)c(=O)c2c1S(=O)(=O)N1C[C@H](C)C[C@H](C)C1. The van der Waals surface area contributed by atoms with Gasteiger partial charge >= 0.3 is 0 Å². The van der Waals surface area contributed by atoms with Gasteiger partial charge in [-0.1, -0.05) is 19.9 Å². The molecule has 3 aromatic rings. The Morgan fingerprint density at radius 2 is 1.94 bits per heavy atom. The number of aryl methyl sites for hydroxylation is 1. The van der Waals surface area contributed by atoms with Gasteiger partial charge in [-0.2, -0.15) is 4.31 Å². The van der Waals surface area contributed by atoms with Gasteiger partial charge in [0.25, 0.3) is 5.56 Å². The lowest BCUT2D eigenvalue weighted by Crippen LogP contribution is -2.43. The van der Waals surface area contributed by atoms with E-state index >= 15 is 0 Å². The second-order valence-corrected chi connectivity index (χ2v) is 11.8. The van der Waals surface area contributed by atoms with Crippen LogP contribution in [0.4, 0.5) is 0 Å². The average Bonchev–Trinajstić information content (AvgIpc) is 3.12. The molecule has 1 fully saturated rings. The van der Waals surface area contributed by atoms with Crippen molar-refractivity contribution in [2.45, 2.75) is 45.2 Å². The Kier molecular flexibility index (Phi) is 6.64. The van der Waals surface area contributed by atoms with E-state index in [2.05, 4.69) is 15.3 Å². The highest BCUT2D eigenvalue weighted by molar-refractivity contribution is 7.89. The summed E-state index contributed by atoms with van der Waals surface area (Å²) < 4.78 is 29.8. The van der Waals surface area contributed by atoms with Crippen LogP contribution in [0.3, 0.4) is 0 Å². The van der Waals surface area contributed by atoms with Gasteiger partial charge in [-0.3, -0.25) is 19.1 Å². The van der Waals surface area contributed by atoms with Gasteiger partial charge in [0.1, 0.15) is 16.3 Å². The zero-order valence-corrected chi connectivity index (χ0v) is 20.4. The van der Waals surface area contributed by atoms with Gasteiger partial charge in [0, 0.05) is 24.2 Å². The first-order chi connectivity index (χ1) is 15.7. The molecule has 33 heavy (non-hydrogen) atoms. The van der Waals surface area contributed by atoms with Crippen LogP contribution in [0.15, 0.2) is 40.4 Å². The second-order valence-electron chi connectivity index (χ2n) is 8.71. The summed E-state index contributed by atoms with van der Waals surface area (Å²) in [5.41, 5.74) is 0.160. The maximum Gasteiger partial charge on any atom is 0.263 e. The van der Waals surface area contributed by atoms with Crippen LogP contribution in [0.25, 0.3) is 10.2 Å². The summed E-state index contributed by atoms with van der Waals surface area (Å²) in [4.78, 5) is 35.1. The van der Waals surface area contributed by atoms with Gasteiger partial charge in [-0.15, -0.1) is 11.3 Å². The number of piperidine rings is 1. The number of sulfonamides is 1. The summed E-state index contributed by atoms with van der Waals surface area (Å²) >= 11 is 1.18. The molecule has 3 aromatic heterocycles. The third-order valence-corrected chi connectivity index (χ3v) is 8.89. The van der Waals surface area contributed by atoms with E-state index in [0.717, 1.165) is 11.0 Å². The van der Waals surface area contributed by atoms with Crippen molar-refractivity contribution < 1.29 is 13.2 Å². The van der Waals surface area contributed by atoms with Crippen LogP contribution in [0.5, 0.6) is 0 Å². The fraction of sp³-hybridized carbons (Fsp3) is 0.455. The maximum absolute atomic E-state index is 13.6. The van der Waals surface area contributed by atoms with E-state index < -0.39 is 15.6 Å². The summed E-state index contributed by atoms with van der Waals surface area (Å²) in [5.74, 6) is 0.0940. The molecule has 0 radical (unpaired) electrons. The normalized spacial score (nSPS) is 19.6. The number of nitrogens with zero attached hydrogens (tertiary/aromatic N) is 4. The quantitative estimate of drug-likeness (QED) is 0.567. The number of pyridine rings is 1. The average molecular weight is 490 g/mol. The Balaban J connectivity index is 1.64. The topological polar surface area (TPSA) is 114 Å². The number of hydrogen-bond acceptors (Lipinski definition) is 7. The van der Waals surface area contributed by atoms with Crippen LogP contribution < -0.4 is 10.9 Å². The molecule has 9 nitrogen and oxygen atoms in total. The smallest absolute Gasteiger partial charge is 0.263 e. The number of nitrogens with one attached hydrogen (secondary N) is 1. The lowest BCUT2D eigenvalue weighted by atomic mass is 9.94. The number of fused-ring (bicyclic) bond motifs is 1. The van der Waals surface area contributed by atoms with Gasteiger partial charge in [-0.05, 0) is 37.3 Å². The minimum absolute atomic E-state index is 0.0181. The van der Waals surface area contributed by atoms with Gasteiger partial charge in [0.2, 0.25) is 15.9 Å². The molecule has 4 rings (SSSR count). The standard InChI is InChI=1S/C22H27N5O4S2/c1-14-8-15(2)11-27(10-14)33(30,31)20-16(3)32-21-19(20)22(29)26(13-25-21)12-18(28)24-9-17-6-4-5-7-23-17/h4-7,13-15H,8-12H2,1-3H3,(H,24,28)/t14-,15+. The molecule has 1 aliphatic rings. The number of carbonyl (C=O) groups excluding carboxylic acids is 1. The number of amides is 1. The molecule has 0 aromatic carbocycles. The lowest BCUT2D eigenvalue weighted by Gasteiger charge is -2.34. The minimum Gasteiger partial charge on any atom is -0.349 e. The molecule has 0 saturated carbocycles. The highest BCUT2D eigenvalue weighted by Gasteiger charge is 2.35. The van der Waals surface area contributed by atoms with Crippen molar-refractivity contribution in [1.29, 1.82) is 0 Å². The van der Waals surface area contributed by atoms with Crippen LogP contribution >= 0.6 is 11.3 Å². The zero-order valence-electron chi connectivity index (χ0n) is 18.8. The van der Waals surface area contributed by atoms with E-state index in [0.29, 0.717) is 28.5 Å². The molecule has 0 aliphatic carbocycles. The second kappa shape index (κ2) is 9.32. The molecule has 4 heterocycles. The van der Waals surface area contributed by atoms with E-state index in [1.807, 2.05) is 19.9 Å². The van der Waals surface area contributed by atoms with Crippen molar-refractivity contribution in [3.63, 3.8) is 0 Å². The Hall–Kier alpha value is -2.63. The molecule has 2 atom stereocenters. The first-order valence-electron chi connectivity index (χ1n) is 10.8. The minimum atomic E-state index is -3.87. The first-order valence-corrected chi connectivity index (χ1v) is 13.1. The van der Waals surface area contributed by atoms with Gasteiger partial charge in [0.05, 0.1) is 24.0 Å². The maximum atomic E-state index is 13.6. The molecule has 1 N–H and O–H groups in total. The van der Waals surface area contributed by atoms with E-state index in [4.69, 9.17) is 0 Å². The third kappa shape index (κ3) is 4.85. The number of carbonyl (C=O) groups is 1. The fourth-order valence-electron chi connectivity index (χ4n) is 4.37. The lowest BCUT2D eigenvalue weighted by molar-refractivity contribution is -0.121. The number of thiophene rings is 1. The monoisotopic (exact) mass is 489 g/mol. The van der Waals surface area contributed by atoms with Crippen LogP contribution in [-0.4, -0.2) is 46.3 Å². The summed E-state index contributed by atoms with van der Waals surface area (Å²) in [6.45, 7) is 6.58. The highest BCUT2D eigenvalue weighted by Crippen LogP contribution is 2.35. The van der Waals surface area contributed by atoms with Gasteiger partial charge in [0.15, 0.2) is 0 Å². The summed E-state index contributed by atoms with van der Waals surface area (Å²) in [6.07, 6.45) is 3.90.